The minimum atomic E-state index is -1.04. The molecule has 0 fully saturated rings. The highest BCUT2D eigenvalue weighted by atomic mass is 16.6. The lowest BCUT2D eigenvalue weighted by atomic mass is 10.0. The van der Waals surface area contributed by atoms with Crippen LogP contribution in [0.25, 0.3) is 0 Å². The zero-order valence-electron chi connectivity index (χ0n) is 12.2. The molecule has 0 saturated carbocycles. The van der Waals surface area contributed by atoms with Crippen molar-refractivity contribution in [1.82, 2.24) is 5.32 Å². The third kappa shape index (κ3) is 6.04. The predicted octanol–water partition coefficient (Wildman–Crippen LogP) is 1.48. The van der Waals surface area contributed by atoms with Crippen LogP contribution in [0.15, 0.2) is 30.3 Å². The number of carbonyl (C=O) groups excluding carboxylic acids is 1. The fourth-order valence-electron chi connectivity index (χ4n) is 1.74. The first-order valence-electron chi connectivity index (χ1n) is 6.64. The molecule has 0 aliphatic rings. The predicted molar refractivity (Wildman–Crippen MR) is 76.4 cm³/mol. The van der Waals surface area contributed by atoms with Crippen molar-refractivity contribution in [2.45, 2.75) is 44.9 Å². The van der Waals surface area contributed by atoms with E-state index in [2.05, 4.69) is 5.32 Å². The average Bonchev–Trinajstić information content (AvgIpc) is 2.36. The van der Waals surface area contributed by atoms with Gasteiger partial charge >= 0.3 is 6.09 Å². The van der Waals surface area contributed by atoms with E-state index in [0.29, 0.717) is 6.42 Å². The molecule has 0 saturated heterocycles. The van der Waals surface area contributed by atoms with Gasteiger partial charge in [-0.05, 0) is 32.8 Å². The molecule has 1 aromatic carbocycles. The Morgan fingerprint density at radius 1 is 1.30 bits per heavy atom. The number of aliphatic hydroxyl groups is 2. The molecule has 1 amide bonds. The number of hydrogen-bond acceptors (Lipinski definition) is 4. The van der Waals surface area contributed by atoms with Crippen LogP contribution >= 0.6 is 0 Å². The molecule has 3 N–H and O–H groups in total. The molecule has 112 valence electrons. The van der Waals surface area contributed by atoms with Gasteiger partial charge in [-0.25, -0.2) is 4.79 Å². The van der Waals surface area contributed by atoms with E-state index in [4.69, 9.17) is 9.84 Å². The van der Waals surface area contributed by atoms with Gasteiger partial charge < -0.3 is 20.3 Å². The third-order valence-corrected chi connectivity index (χ3v) is 2.65. The van der Waals surface area contributed by atoms with E-state index in [1.54, 1.807) is 20.8 Å². The molecular formula is C15H23NO4. The van der Waals surface area contributed by atoms with Crippen LogP contribution in [0, 0.1) is 0 Å². The number of hydrogen-bond donors (Lipinski definition) is 3. The maximum atomic E-state index is 11.8. The highest BCUT2D eigenvalue weighted by Crippen LogP contribution is 2.10. The van der Waals surface area contributed by atoms with Gasteiger partial charge in [0.1, 0.15) is 5.60 Å². The second kappa shape index (κ2) is 7.26. The first-order chi connectivity index (χ1) is 9.31. The maximum absolute atomic E-state index is 11.8. The summed E-state index contributed by atoms with van der Waals surface area (Å²) in [6.45, 7) is 4.87. The van der Waals surface area contributed by atoms with E-state index in [0.717, 1.165) is 5.56 Å². The minimum Gasteiger partial charge on any atom is -0.444 e. The van der Waals surface area contributed by atoms with Crippen LogP contribution in [-0.4, -0.2) is 40.7 Å². The summed E-state index contributed by atoms with van der Waals surface area (Å²) >= 11 is 0. The summed E-state index contributed by atoms with van der Waals surface area (Å²) in [7, 11) is 0. The van der Waals surface area contributed by atoms with Crippen molar-refractivity contribution in [1.29, 1.82) is 0 Å². The first-order valence-corrected chi connectivity index (χ1v) is 6.64. The highest BCUT2D eigenvalue weighted by molar-refractivity contribution is 5.68. The van der Waals surface area contributed by atoms with Gasteiger partial charge in [0, 0.05) is 0 Å². The molecule has 0 spiro atoms. The molecule has 1 rings (SSSR count). The minimum absolute atomic E-state index is 0.418. The number of amides is 1. The lowest BCUT2D eigenvalue weighted by Gasteiger charge is -2.26. The van der Waals surface area contributed by atoms with Gasteiger partial charge in [0.15, 0.2) is 0 Å². The molecule has 5 nitrogen and oxygen atoms in total. The van der Waals surface area contributed by atoms with Crippen molar-refractivity contribution in [3.05, 3.63) is 35.9 Å². The number of rotatable bonds is 5. The number of aliphatic hydroxyl groups excluding tert-OH is 2. The molecule has 0 aliphatic carbocycles. The summed E-state index contributed by atoms with van der Waals surface area (Å²) in [5.74, 6) is 0. The molecule has 20 heavy (non-hydrogen) atoms. The Labute approximate surface area is 119 Å². The Hall–Kier alpha value is -1.59. The van der Waals surface area contributed by atoms with Crippen LogP contribution in [0.2, 0.25) is 0 Å². The summed E-state index contributed by atoms with van der Waals surface area (Å²) in [4.78, 5) is 11.8. The van der Waals surface area contributed by atoms with Gasteiger partial charge in [-0.1, -0.05) is 30.3 Å². The van der Waals surface area contributed by atoms with E-state index < -0.39 is 30.4 Å². The van der Waals surface area contributed by atoms with Gasteiger partial charge in [0.2, 0.25) is 0 Å². The van der Waals surface area contributed by atoms with Crippen molar-refractivity contribution in [3.63, 3.8) is 0 Å². The van der Waals surface area contributed by atoms with Crippen molar-refractivity contribution >= 4 is 6.09 Å². The topological polar surface area (TPSA) is 78.8 Å². The van der Waals surface area contributed by atoms with Crippen LogP contribution in [0.4, 0.5) is 4.79 Å². The lowest BCUT2D eigenvalue weighted by molar-refractivity contribution is 0.0320. The Morgan fingerprint density at radius 3 is 2.40 bits per heavy atom. The smallest absolute Gasteiger partial charge is 0.407 e. The largest absolute Gasteiger partial charge is 0.444 e. The van der Waals surface area contributed by atoms with E-state index in [-0.39, 0.29) is 0 Å². The second-order valence-corrected chi connectivity index (χ2v) is 5.69. The Balaban J connectivity index is 2.68. The molecular weight excluding hydrogens is 258 g/mol. The van der Waals surface area contributed by atoms with Crippen LogP contribution in [0.1, 0.15) is 26.3 Å². The Kier molecular flexibility index (Phi) is 5.98. The monoisotopic (exact) mass is 281 g/mol. The van der Waals surface area contributed by atoms with Crippen LogP contribution in [0.3, 0.4) is 0 Å². The van der Waals surface area contributed by atoms with Gasteiger partial charge in [0.25, 0.3) is 0 Å². The number of benzene rings is 1. The molecule has 0 aliphatic heterocycles. The molecule has 0 aromatic heterocycles. The maximum Gasteiger partial charge on any atom is 0.407 e. The second-order valence-electron chi connectivity index (χ2n) is 5.69. The van der Waals surface area contributed by atoms with Gasteiger partial charge in [-0.3, -0.25) is 0 Å². The van der Waals surface area contributed by atoms with Gasteiger partial charge in [-0.2, -0.15) is 0 Å². The van der Waals surface area contributed by atoms with Gasteiger partial charge in [-0.15, -0.1) is 0 Å². The van der Waals surface area contributed by atoms with Crippen molar-refractivity contribution in [2.24, 2.45) is 0 Å². The molecule has 0 unspecified atom stereocenters. The zero-order chi connectivity index (χ0) is 15.2. The molecule has 2 atom stereocenters. The number of ether oxygens (including phenoxy) is 1. The van der Waals surface area contributed by atoms with E-state index >= 15 is 0 Å². The first kappa shape index (κ1) is 16.5. The van der Waals surface area contributed by atoms with Crippen molar-refractivity contribution in [3.8, 4) is 0 Å². The fourth-order valence-corrected chi connectivity index (χ4v) is 1.74. The summed E-state index contributed by atoms with van der Waals surface area (Å²) in [5, 5.41) is 21.5. The lowest BCUT2D eigenvalue weighted by Crippen LogP contribution is -2.48. The van der Waals surface area contributed by atoms with Crippen LogP contribution < -0.4 is 5.32 Å². The summed E-state index contributed by atoms with van der Waals surface area (Å²) in [5.41, 5.74) is 0.354. The molecule has 5 heteroatoms. The SMILES string of the molecule is CC(C)(C)OC(=O)N[C@H](Cc1ccccc1)[C@@H](O)CO. The van der Waals surface area contributed by atoms with Crippen molar-refractivity contribution < 1.29 is 19.7 Å². The average molecular weight is 281 g/mol. The van der Waals surface area contributed by atoms with Crippen LogP contribution in [-0.2, 0) is 11.2 Å². The Morgan fingerprint density at radius 2 is 1.90 bits per heavy atom. The van der Waals surface area contributed by atoms with E-state index in [1.807, 2.05) is 30.3 Å². The number of alkyl carbamates (subject to hydrolysis) is 1. The normalized spacial score (nSPS) is 14.4. The van der Waals surface area contributed by atoms with Crippen LogP contribution in [0.5, 0.6) is 0 Å². The molecule has 0 bridgehead atoms. The fraction of sp³-hybridized carbons (Fsp3) is 0.533. The number of carbonyl (C=O) groups is 1. The quantitative estimate of drug-likeness (QED) is 0.764. The third-order valence-electron chi connectivity index (χ3n) is 2.65. The van der Waals surface area contributed by atoms with E-state index in [1.165, 1.54) is 0 Å². The molecule has 0 heterocycles. The summed E-state index contributed by atoms with van der Waals surface area (Å²) in [6, 6.07) is 8.85. The molecule has 1 aromatic rings. The van der Waals surface area contributed by atoms with Gasteiger partial charge in [0.05, 0.1) is 18.8 Å². The summed E-state index contributed by atoms with van der Waals surface area (Å²) < 4.78 is 5.16. The standard InChI is InChI=1S/C15H23NO4/c1-15(2,3)20-14(19)16-12(13(18)10-17)9-11-7-5-4-6-8-11/h4-8,12-13,17-18H,9-10H2,1-3H3,(H,16,19)/t12-,13+/m1/s1. The summed E-state index contributed by atoms with van der Waals surface area (Å²) in [6.07, 6.45) is -1.23. The Bertz CT molecular complexity index is 414. The number of nitrogens with one attached hydrogen (secondary N) is 1. The molecule has 0 radical (unpaired) electrons. The van der Waals surface area contributed by atoms with Crippen molar-refractivity contribution in [2.75, 3.05) is 6.61 Å². The van der Waals surface area contributed by atoms with E-state index in [9.17, 15) is 9.90 Å². The zero-order valence-corrected chi connectivity index (χ0v) is 12.2. The highest BCUT2D eigenvalue weighted by Gasteiger charge is 2.24.